The molecule has 0 aliphatic heterocycles. The molecule has 0 aliphatic rings. The molecule has 0 saturated carbocycles. The molecule has 0 amide bonds. The minimum Gasteiger partial charge on any atom is -0.396 e. The number of rotatable bonds is 7. The van der Waals surface area contributed by atoms with Gasteiger partial charge in [0.15, 0.2) is 23.1 Å². The highest BCUT2D eigenvalue weighted by atomic mass is 32.1. The van der Waals surface area contributed by atoms with Gasteiger partial charge in [-0.2, -0.15) is 15.9 Å². The summed E-state index contributed by atoms with van der Waals surface area (Å²) in [5, 5.41) is 29.6. The van der Waals surface area contributed by atoms with E-state index in [2.05, 4.69) is 20.6 Å². The number of hydrogen-bond acceptors (Lipinski definition) is 6. The fourth-order valence-corrected chi connectivity index (χ4v) is 3.54. The first kappa shape index (κ1) is 18.5. The quantitative estimate of drug-likeness (QED) is 0.497. The molecule has 0 spiro atoms. The molecule has 2 N–H and O–H groups in total. The second-order valence-electron chi connectivity index (χ2n) is 6.41. The van der Waals surface area contributed by atoms with Gasteiger partial charge in [-0.1, -0.05) is 6.07 Å². The number of fused-ring (bicyclic) bond motifs is 1. The van der Waals surface area contributed by atoms with Crippen molar-refractivity contribution >= 4 is 22.8 Å². The summed E-state index contributed by atoms with van der Waals surface area (Å²) in [5.41, 5.74) is 2.20. The largest absolute Gasteiger partial charge is 0.396 e. The van der Waals surface area contributed by atoms with Crippen molar-refractivity contribution in [2.45, 2.75) is 6.42 Å². The number of hydrogen-bond donors (Lipinski definition) is 2. The van der Waals surface area contributed by atoms with Gasteiger partial charge < -0.3 is 10.4 Å². The lowest BCUT2D eigenvalue weighted by atomic mass is 10.00. The Hall–Kier alpha value is -2.91. The Morgan fingerprint density at radius 3 is 2.75 bits per heavy atom. The molecule has 0 fully saturated rings. The van der Waals surface area contributed by atoms with Gasteiger partial charge in [0.05, 0.1) is 0 Å². The van der Waals surface area contributed by atoms with Crippen molar-refractivity contribution in [1.29, 1.82) is 0 Å². The molecule has 4 rings (SSSR count). The van der Waals surface area contributed by atoms with Gasteiger partial charge in [0.1, 0.15) is 5.82 Å². The highest BCUT2D eigenvalue weighted by molar-refractivity contribution is 7.08. The number of nitrogens with zero attached hydrogens (tertiary/aromatic N) is 4. The average Bonchev–Trinajstić information content (AvgIpc) is 3.36. The van der Waals surface area contributed by atoms with Gasteiger partial charge in [-0.15, -0.1) is 15.3 Å². The first-order valence-corrected chi connectivity index (χ1v) is 9.62. The molecular weight excluding hydrogens is 384 g/mol. The number of halogens is 2. The molecule has 1 atom stereocenters. The van der Waals surface area contributed by atoms with E-state index < -0.39 is 11.6 Å². The molecule has 0 radical (unpaired) electrons. The average molecular weight is 401 g/mol. The van der Waals surface area contributed by atoms with Crippen LogP contribution in [0, 0.1) is 17.6 Å². The number of aliphatic hydroxyl groups excluding tert-OH is 1. The summed E-state index contributed by atoms with van der Waals surface area (Å²) in [5.74, 6) is -0.689. The zero-order valence-electron chi connectivity index (χ0n) is 14.7. The van der Waals surface area contributed by atoms with Gasteiger partial charge in [0, 0.05) is 30.0 Å². The lowest BCUT2D eigenvalue weighted by molar-refractivity contribution is 0.232. The van der Waals surface area contributed by atoms with Gasteiger partial charge in [0.25, 0.3) is 0 Å². The van der Waals surface area contributed by atoms with E-state index in [9.17, 15) is 13.9 Å². The normalized spacial score (nSPS) is 12.4. The van der Waals surface area contributed by atoms with E-state index in [4.69, 9.17) is 0 Å². The standard InChI is InChI=1S/C19H17F2N5OS/c20-15-2-1-12(8-16(15)21)7-13(10-27)9-22-17-3-4-18-23-24-19(26(18)25-17)14-5-6-28-11-14/h1-6,8,11,13,27H,7,9-10H2,(H,22,25). The van der Waals surface area contributed by atoms with Crippen LogP contribution in [0.25, 0.3) is 17.0 Å². The van der Waals surface area contributed by atoms with Crippen LogP contribution in [-0.2, 0) is 6.42 Å². The third-order valence-corrected chi connectivity index (χ3v) is 5.06. The minimum atomic E-state index is -0.886. The van der Waals surface area contributed by atoms with Crippen LogP contribution in [0.15, 0.2) is 47.2 Å². The molecule has 1 aromatic carbocycles. The summed E-state index contributed by atoms with van der Waals surface area (Å²) in [6.07, 6.45) is 0.412. The topological polar surface area (TPSA) is 75.3 Å². The van der Waals surface area contributed by atoms with Crippen molar-refractivity contribution < 1.29 is 13.9 Å². The van der Waals surface area contributed by atoms with E-state index in [1.54, 1.807) is 21.9 Å². The van der Waals surface area contributed by atoms with Crippen LogP contribution in [0.2, 0.25) is 0 Å². The van der Waals surface area contributed by atoms with Crippen molar-refractivity contribution in [2.75, 3.05) is 18.5 Å². The van der Waals surface area contributed by atoms with E-state index in [0.717, 1.165) is 17.7 Å². The molecule has 0 aliphatic carbocycles. The van der Waals surface area contributed by atoms with Gasteiger partial charge in [0.2, 0.25) is 0 Å². The Labute approximate surface area is 163 Å². The number of thiophene rings is 1. The first-order valence-electron chi connectivity index (χ1n) is 8.67. The summed E-state index contributed by atoms with van der Waals surface area (Å²) in [4.78, 5) is 0. The molecular formula is C19H17F2N5OS. The van der Waals surface area contributed by atoms with Gasteiger partial charge in [-0.3, -0.25) is 0 Å². The minimum absolute atomic E-state index is 0.0962. The summed E-state index contributed by atoms with van der Waals surface area (Å²) >= 11 is 1.57. The van der Waals surface area contributed by atoms with E-state index in [0.29, 0.717) is 35.8 Å². The van der Waals surface area contributed by atoms with Crippen LogP contribution >= 0.6 is 11.3 Å². The fraction of sp³-hybridized carbons (Fsp3) is 0.211. The molecule has 6 nitrogen and oxygen atoms in total. The molecule has 1 unspecified atom stereocenters. The van der Waals surface area contributed by atoms with Crippen LogP contribution in [0.5, 0.6) is 0 Å². The maximum absolute atomic E-state index is 13.4. The van der Waals surface area contributed by atoms with Crippen molar-refractivity contribution in [3.8, 4) is 11.4 Å². The number of aromatic nitrogens is 4. The lowest BCUT2D eigenvalue weighted by Crippen LogP contribution is -2.21. The van der Waals surface area contributed by atoms with Crippen LogP contribution in [0.4, 0.5) is 14.6 Å². The third kappa shape index (κ3) is 3.85. The zero-order valence-corrected chi connectivity index (χ0v) is 15.5. The van der Waals surface area contributed by atoms with Crippen LogP contribution in [0.1, 0.15) is 5.56 Å². The molecule has 3 heterocycles. The maximum Gasteiger partial charge on any atom is 0.186 e. The SMILES string of the molecule is OCC(CNc1ccc2nnc(-c3ccsc3)n2n1)Cc1ccc(F)c(F)c1. The Morgan fingerprint density at radius 1 is 1.11 bits per heavy atom. The predicted octanol–water partition coefficient (Wildman–Crippen LogP) is 3.39. The van der Waals surface area contributed by atoms with Crippen molar-refractivity contribution in [2.24, 2.45) is 5.92 Å². The monoisotopic (exact) mass is 401 g/mol. The second-order valence-corrected chi connectivity index (χ2v) is 7.19. The predicted molar refractivity (Wildman–Crippen MR) is 103 cm³/mol. The summed E-state index contributed by atoms with van der Waals surface area (Å²) in [6, 6.07) is 9.32. The molecule has 4 aromatic rings. The fourth-order valence-electron chi connectivity index (χ4n) is 2.90. The van der Waals surface area contributed by atoms with Crippen molar-refractivity contribution in [3.05, 3.63) is 64.4 Å². The van der Waals surface area contributed by atoms with Crippen LogP contribution < -0.4 is 5.32 Å². The molecule has 3 aromatic heterocycles. The number of aliphatic hydroxyl groups is 1. The summed E-state index contributed by atoms with van der Waals surface area (Å²) in [7, 11) is 0. The third-order valence-electron chi connectivity index (χ3n) is 4.38. The Morgan fingerprint density at radius 2 is 2.00 bits per heavy atom. The molecule has 144 valence electrons. The molecule has 28 heavy (non-hydrogen) atoms. The molecule has 0 saturated heterocycles. The number of anilines is 1. The highest BCUT2D eigenvalue weighted by Crippen LogP contribution is 2.21. The van der Waals surface area contributed by atoms with Gasteiger partial charge in [-0.05, 0) is 47.7 Å². The van der Waals surface area contributed by atoms with E-state index in [1.165, 1.54) is 6.07 Å². The lowest BCUT2D eigenvalue weighted by Gasteiger charge is -2.16. The first-order chi connectivity index (χ1) is 13.6. The number of benzene rings is 1. The van der Waals surface area contributed by atoms with Crippen molar-refractivity contribution in [3.63, 3.8) is 0 Å². The Bertz CT molecular complexity index is 1080. The van der Waals surface area contributed by atoms with Crippen LogP contribution in [0.3, 0.4) is 0 Å². The second kappa shape index (κ2) is 7.99. The summed E-state index contributed by atoms with van der Waals surface area (Å²) < 4.78 is 28.1. The number of nitrogens with one attached hydrogen (secondary N) is 1. The smallest absolute Gasteiger partial charge is 0.186 e. The molecule has 0 bridgehead atoms. The zero-order chi connectivity index (χ0) is 19.5. The van der Waals surface area contributed by atoms with Crippen LogP contribution in [-0.4, -0.2) is 38.1 Å². The molecule has 9 heteroatoms. The van der Waals surface area contributed by atoms with E-state index in [1.807, 2.05) is 22.9 Å². The Kier molecular flexibility index (Phi) is 5.27. The Balaban J connectivity index is 1.47. The van der Waals surface area contributed by atoms with Gasteiger partial charge in [-0.25, -0.2) is 8.78 Å². The maximum atomic E-state index is 13.4. The van der Waals surface area contributed by atoms with E-state index >= 15 is 0 Å². The van der Waals surface area contributed by atoms with E-state index in [-0.39, 0.29) is 12.5 Å². The summed E-state index contributed by atoms with van der Waals surface area (Å²) in [6.45, 7) is 0.324. The van der Waals surface area contributed by atoms with Crippen molar-refractivity contribution in [1.82, 2.24) is 19.8 Å². The van der Waals surface area contributed by atoms with Gasteiger partial charge >= 0.3 is 0 Å². The highest BCUT2D eigenvalue weighted by Gasteiger charge is 2.13.